The van der Waals surface area contributed by atoms with Crippen molar-refractivity contribution < 1.29 is 23.8 Å². The molecule has 4 rings (SSSR count). The monoisotopic (exact) mass is 428 g/mol. The topological polar surface area (TPSA) is 68.3 Å². The second kappa shape index (κ2) is 8.81. The van der Waals surface area contributed by atoms with E-state index in [0.717, 1.165) is 49.9 Å². The highest BCUT2D eigenvalue weighted by atomic mass is 16.5. The third kappa shape index (κ3) is 3.86. The molecule has 31 heavy (non-hydrogen) atoms. The summed E-state index contributed by atoms with van der Waals surface area (Å²) in [7, 11) is 4.60. The molecule has 0 saturated carbocycles. The fourth-order valence-corrected chi connectivity index (χ4v) is 5.23. The van der Waals surface area contributed by atoms with E-state index in [-0.39, 0.29) is 24.1 Å². The highest BCUT2D eigenvalue weighted by Crippen LogP contribution is 2.45. The van der Waals surface area contributed by atoms with Crippen LogP contribution in [0.2, 0.25) is 0 Å². The number of methoxy groups -OCH3 is 3. The largest absolute Gasteiger partial charge is 0.493 e. The predicted molar refractivity (Wildman–Crippen MR) is 117 cm³/mol. The van der Waals surface area contributed by atoms with Crippen molar-refractivity contribution in [3.8, 4) is 11.5 Å². The Morgan fingerprint density at radius 3 is 2.32 bits per heavy atom. The van der Waals surface area contributed by atoms with Gasteiger partial charge in [-0.15, -0.1) is 0 Å². The Labute approximate surface area is 183 Å². The summed E-state index contributed by atoms with van der Waals surface area (Å²) >= 11 is 0. The van der Waals surface area contributed by atoms with E-state index in [1.807, 2.05) is 28.0 Å². The van der Waals surface area contributed by atoms with Gasteiger partial charge in [-0.3, -0.25) is 0 Å². The molecule has 0 aliphatic carbocycles. The van der Waals surface area contributed by atoms with Crippen LogP contribution in [0.4, 0.5) is 4.79 Å². The Kier molecular flexibility index (Phi) is 6.12. The van der Waals surface area contributed by atoms with Crippen LogP contribution in [0.15, 0.2) is 23.8 Å². The summed E-state index contributed by atoms with van der Waals surface area (Å²) in [5, 5.41) is 0. The number of urea groups is 1. The van der Waals surface area contributed by atoms with E-state index in [1.54, 1.807) is 14.2 Å². The number of benzene rings is 1. The third-order valence-electron chi connectivity index (χ3n) is 7.01. The van der Waals surface area contributed by atoms with Crippen molar-refractivity contribution in [1.82, 2.24) is 9.80 Å². The van der Waals surface area contributed by atoms with E-state index < -0.39 is 0 Å². The Morgan fingerprint density at radius 2 is 1.68 bits per heavy atom. The molecule has 3 heterocycles. The number of hydrogen-bond donors (Lipinski definition) is 0. The molecule has 1 aromatic carbocycles. The third-order valence-corrected chi connectivity index (χ3v) is 7.01. The molecule has 7 nitrogen and oxygen atoms in total. The van der Waals surface area contributed by atoms with Gasteiger partial charge in [-0.25, -0.2) is 9.59 Å². The van der Waals surface area contributed by atoms with Gasteiger partial charge in [0.05, 0.1) is 32.9 Å². The van der Waals surface area contributed by atoms with Crippen LogP contribution < -0.4 is 9.47 Å². The lowest BCUT2D eigenvalue weighted by Gasteiger charge is -2.41. The van der Waals surface area contributed by atoms with Crippen molar-refractivity contribution in [1.29, 1.82) is 0 Å². The van der Waals surface area contributed by atoms with Crippen LogP contribution in [0.5, 0.6) is 11.5 Å². The Balaban J connectivity index is 1.70. The van der Waals surface area contributed by atoms with Crippen LogP contribution in [0.3, 0.4) is 0 Å². The normalized spacial score (nSPS) is 23.7. The average Bonchev–Trinajstić information content (AvgIpc) is 3.11. The van der Waals surface area contributed by atoms with E-state index in [0.29, 0.717) is 29.4 Å². The molecule has 7 heteroatoms. The van der Waals surface area contributed by atoms with Crippen molar-refractivity contribution in [2.75, 3.05) is 34.4 Å². The average molecular weight is 429 g/mol. The molecule has 2 atom stereocenters. The number of amides is 2. The van der Waals surface area contributed by atoms with Gasteiger partial charge in [0, 0.05) is 19.1 Å². The van der Waals surface area contributed by atoms with Gasteiger partial charge in [-0.1, -0.05) is 13.0 Å². The smallest absolute Gasteiger partial charge is 0.336 e. The van der Waals surface area contributed by atoms with E-state index >= 15 is 0 Å². The quantitative estimate of drug-likeness (QED) is 0.684. The number of fused-ring (bicyclic) bond motifs is 2. The lowest BCUT2D eigenvalue weighted by Crippen LogP contribution is -2.53. The van der Waals surface area contributed by atoms with Crippen molar-refractivity contribution >= 4 is 17.6 Å². The molecule has 0 spiro atoms. The number of carbonyl (C=O) groups excluding carboxylic acids is 2. The first kappa shape index (κ1) is 21.5. The first-order chi connectivity index (χ1) is 15.0. The molecule has 3 aliphatic rings. The van der Waals surface area contributed by atoms with Gasteiger partial charge in [0.25, 0.3) is 0 Å². The molecular formula is C24H32N2O5. The van der Waals surface area contributed by atoms with Gasteiger partial charge in [0.1, 0.15) is 0 Å². The molecule has 2 saturated heterocycles. The Bertz CT molecular complexity index is 888. The van der Waals surface area contributed by atoms with Crippen molar-refractivity contribution in [2.24, 2.45) is 5.92 Å². The molecule has 3 aliphatic heterocycles. The predicted octanol–water partition coefficient (Wildman–Crippen LogP) is 3.72. The molecule has 2 unspecified atom stereocenters. The van der Waals surface area contributed by atoms with Gasteiger partial charge in [-0.05, 0) is 61.3 Å². The number of carbonyl (C=O) groups is 2. The Morgan fingerprint density at radius 1 is 0.968 bits per heavy atom. The number of hydrogen-bond acceptors (Lipinski definition) is 5. The standard InChI is InChI=1S/C24H32N2O5/c1-15-9-11-25(12-10-15)24(28)26-17-6-7-19(26)22(23(27)31-4)18(14-17)16-5-8-20(29-2)21(13-16)30-3/h5,8,13,15,17,19H,6-7,9-12,14H2,1-4H3. The maximum Gasteiger partial charge on any atom is 0.336 e. The number of rotatable bonds is 4. The van der Waals surface area contributed by atoms with Crippen LogP contribution in [-0.2, 0) is 9.53 Å². The lowest BCUT2D eigenvalue weighted by molar-refractivity contribution is -0.136. The van der Waals surface area contributed by atoms with E-state index in [2.05, 4.69) is 6.92 Å². The maximum atomic E-state index is 13.4. The maximum absolute atomic E-state index is 13.4. The first-order valence-corrected chi connectivity index (χ1v) is 11.1. The summed E-state index contributed by atoms with van der Waals surface area (Å²) in [6, 6.07) is 5.61. The number of nitrogens with zero attached hydrogens (tertiary/aromatic N) is 2. The van der Waals surface area contributed by atoms with Crippen LogP contribution in [0.1, 0.15) is 44.6 Å². The van der Waals surface area contributed by atoms with E-state index in [4.69, 9.17) is 14.2 Å². The fourth-order valence-electron chi connectivity index (χ4n) is 5.23. The van der Waals surface area contributed by atoms with E-state index in [9.17, 15) is 9.59 Å². The summed E-state index contributed by atoms with van der Waals surface area (Å²) in [6.07, 6.45) is 4.36. The molecule has 2 fully saturated rings. The molecule has 168 valence electrons. The zero-order valence-corrected chi connectivity index (χ0v) is 18.8. The minimum absolute atomic E-state index is 0.0622. The first-order valence-electron chi connectivity index (χ1n) is 11.1. The van der Waals surface area contributed by atoms with Crippen LogP contribution in [0.25, 0.3) is 5.57 Å². The molecule has 0 radical (unpaired) electrons. The number of piperidine rings is 1. The molecule has 0 aromatic heterocycles. The van der Waals surface area contributed by atoms with Gasteiger partial charge < -0.3 is 24.0 Å². The second-order valence-corrected chi connectivity index (χ2v) is 8.76. The number of likely N-dealkylation sites (tertiary alicyclic amines) is 1. The second-order valence-electron chi connectivity index (χ2n) is 8.76. The van der Waals surface area contributed by atoms with Gasteiger partial charge in [-0.2, -0.15) is 0 Å². The van der Waals surface area contributed by atoms with Crippen molar-refractivity contribution in [2.45, 2.75) is 51.1 Å². The zero-order valence-electron chi connectivity index (χ0n) is 18.8. The minimum atomic E-state index is -0.361. The molecule has 1 aromatic rings. The molecule has 2 amide bonds. The fraction of sp³-hybridized carbons (Fsp3) is 0.583. The van der Waals surface area contributed by atoms with E-state index in [1.165, 1.54) is 7.11 Å². The van der Waals surface area contributed by atoms with Gasteiger partial charge in [0.15, 0.2) is 11.5 Å². The number of ether oxygens (including phenoxy) is 3. The van der Waals surface area contributed by atoms with Crippen LogP contribution in [-0.4, -0.2) is 68.3 Å². The summed E-state index contributed by atoms with van der Waals surface area (Å²) in [4.78, 5) is 30.3. The lowest BCUT2D eigenvalue weighted by atomic mass is 9.88. The molecule has 0 N–H and O–H groups in total. The minimum Gasteiger partial charge on any atom is -0.493 e. The van der Waals surface area contributed by atoms with Gasteiger partial charge in [0.2, 0.25) is 0 Å². The highest BCUT2D eigenvalue weighted by molar-refractivity contribution is 6.01. The summed E-state index contributed by atoms with van der Waals surface area (Å²) < 4.78 is 16.0. The van der Waals surface area contributed by atoms with Crippen LogP contribution >= 0.6 is 0 Å². The summed E-state index contributed by atoms with van der Waals surface area (Å²) in [6.45, 7) is 3.81. The SMILES string of the molecule is COC(=O)C1=C(c2ccc(OC)c(OC)c2)CC2CCC1N2C(=O)N1CCC(C)CC1. The zero-order chi connectivity index (χ0) is 22.1. The van der Waals surface area contributed by atoms with Crippen molar-refractivity contribution in [3.05, 3.63) is 29.3 Å². The molecular weight excluding hydrogens is 396 g/mol. The molecule has 2 bridgehead atoms. The highest BCUT2D eigenvalue weighted by Gasteiger charge is 2.48. The summed E-state index contributed by atoms with van der Waals surface area (Å²) in [5.74, 6) is 1.55. The van der Waals surface area contributed by atoms with Crippen molar-refractivity contribution in [3.63, 3.8) is 0 Å². The summed E-state index contributed by atoms with van der Waals surface area (Å²) in [5.41, 5.74) is 2.45. The van der Waals surface area contributed by atoms with Gasteiger partial charge >= 0.3 is 12.0 Å². The Hall–Kier alpha value is -2.70. The number of esters is 1. The van der Waals surface area contributed by atoms with Crippen LogP contribution in [0, 0.1) is 5.92 Å².